The van der Waals surface area contributed by atoms with Crippen molar-refractivity contribution in [1.82, 2.24) is 14.8 Å². The molecule has 0 aliphatic carbocycles. The number of para-hydroxylation sites is 1. The Hall–Kier alpha value is -4.62. The molecule has 1 aromatic heterocycles. The predicted octanol–water partition coefficient (Wildman–Crippen LogP) is 7.14. The van der Waals surface area contributed by atoms with Crippen LogP contribution < -0.4 is 9.47 Å². The average molecular weight is 511 g/mol. The fraction of sp³-hybridized carbons (Fsp3) is 0.0690. The Labute approximate surface area is 219 Å². The summed E-state index contributed by atoms with van der Waals surface area (Å²) in [5.74, 6) is 2.91. The van der Waals surface area contributed by atoms with E-state index in [-0.39, 0.29) is 6.61 Å². The summed E-state index contributed by atoms with van der Waals surface area (Å²) in [6.45, 7) is 0.680. The molecular formula is C29H23ClN4O3. The van der Waals surface area contributed by atoms with Gasteiger partial charge in [0, 0.05) is 10.6 Å². The summed E-state index contributed by atoms with van der Waals surface area (Å²) >= 11 is 5.95. The van der Waals surface area contributed by atoms with Crippen molar-refractivity contribution >= 4 is 17.3 Å². The summed E-state index contributed by atoms with van der Waals surface area (Å²) in [5.41, 5.74) is 2.50. The van der Waals surface area contributed by atoms with E-state index in [1.165, 1.54) is 6.33 Å². The summed E-state index contributed by atoms with van der Waals surface area (Å²) in [6, 6.07) is 32.2. The van der Waals surface area contributed by atoms with E-state index in [2.05, 4.69) is 15.2 Å². The zero-order valence-electron chi connectivity index (χ0n) is 19.8. The summed E-state index contributed by atoms with van der Waals surface area (Å²) < 4.78 is 13.5. The highest BCUT2D eigenvalue weighted by atomic mass is 35.5. The van der Waals surface area contributed by atoms with E-state index in [4.69, 9.17) is 25.9 Å². The van der Waals surface area contributed by atoms with Crippen molar-refractivity contribution in [3.05, 3.63) is 132 Å². The van der Waals surface area contributed by atoms with Crippen LogP contribution in [0.3, 0.4) is 0 Å². The van der Waals surface area contributed by atoms with Gasteiger partial charge in [0.1, 0.15) is 48.0 Å². The molecule has 7 nitrogen and oxygen atoms in total. The first-order chi connectivity index (χ1) is 18.2. The van der Waals surface area contributed by atoms with Crippen molar-refractivity contribution in [3.8, 4) is 23.0 Å². The van der Waals surface area contributed by atoms with Gasteiger partial charge in [0.05, 0.1) is 6.54 Å². The van der Waals surface area contributed by atoms with Crippen LogP contribution in [0, 0.1) is 0 Å². The van der Waals surface area contributed by atoms with Crippen LogP contribution in [0.4, 0.5) is 0 Å². The molecule has 8 heteroatoms. The fourth-order valence-electron chi connectivity index (χ4n) is 3.50. The van der Waals surface area contributed by atoms with E-state index in [1.54, 1.807) is 23.1 Å². The second-order valence-corrected chi connectivity index (χ2v) is 8.48. The predicted molar refractivity (Wildman–Crippen MR) is 142 cm³/mol. The molecule has 0 atom stereocenters. The maximum absolute atomic E-state index is 5.95. The normalized spacial score (nSPS) is 11.2. The van der Waals surface area contributed by atoms with Crippen molar-refractivity contribution in [2.45, 2.75) is 13.2 Å². The Morgan fingerprint density at radius 1 is 0.757 bits per heavy atom. The summed E-state index contributed by atoms with van der Waals surface area (Å²) in [7, 11) is 0. The largest absolute Gasteiger partial charge is 0.457 e. The molecule has 0 saturated heterocycles. The smallest absolute Gasteiger partial charge is 0.142 e. The van der Waals surface area contributed by atoms with Gasteiger partial charge in [0.25, 0.3) is 0 Å². The van der Waals surface area contributed by atoms with E-state index in [0.717, 1.165) is 22.6 Å². The minimum Gasteiger partial charge on any atom is -0.457 e. The molecule has 0 N–H and O–H groups in total. The lowest BCUT2D eigenvalue weighted by atomic mass is 10.1. The highest BCUT2D eigenvalue weighted by molar-refractivity contribution is 6.30. The van der Waals surface area contributed by atoms with Crippen LogP contribution in [0.25, 0.3) is 0 Å². The molecule has 1 heterocycles. The third kappa shape index (κ3) is 6.96. The second kappa shape index (κ2) is 11.9. The molecule has 0 aliphatic heterocycles. The molecule has 4 aromatic carbocycles. The third-order valence-electron chi connectivity index (χ3n) is 5.30. The Balaban J connectivity index is 1.28. The Kier molecular flexibility index (Phi) is 7.73. The minimum absolute atomic E-state index is 0.282. The van der Waals surface area contributed by atoms with E-state index >= 15 is 0 Å². The Morgan fingerprint density at radius 3 is 2.16 bits per heavy atom. The number of ether oxygens (including phenoxy) is 2. The van der Waals surface area contributed by atoms with E-state index in [1.807, 2.05) is 91.0 Å². The number of benzene rings is 4. The standard InChI is InChI=1S/C29H23ClN4O3/c30-24-11-15-27(16-12-24)36-26-13-9-23(10-14-26)29(18-34-21-31-20-32-34)33-35-19-22-5-4-8-28(17-22)37-25-6-2-1-3-7-25/h1-17,20-21H,18-19H2/b33-29-. The lowest BCUT2D eigenvalue weighted by molar-refractivity contribution is 0.129. The highest BCUT2D eigenvalue weighted by Crippen LogP contribution is 2.24. The fourth-order valence-corrected chi connectivity index (χ4v) is 3.63. The maximum Gasteiger partial charge on any atom is 0.142 e. The molecule has 5 aromatic rings. The van der Waals surface area contributed by atoms with Crippen LogP contribution >= 0.6 is 11.6 Å². The Bertz CT molecular complexity index is 1440. The minimum atomic E-state index is 0.282. The zero-order valence-corrected chi connectivity index (χ0v) is 20.5. The van der Waals surface area contributed by atoms with Crippen LogP contribution in [0.2, 0.25) is 5.02 Å². The van der Waals surface area contributed by atoms with E-state index in [0.29, 0.717) is 28.8 Å². The van der Waals surface area contributed by atoms with Gasteiger partial charge in [-0.15, -0.1) is 0 Å². The van der Waals surface area contributed by atoms with Gasteiger partial charge in [0.2, 0.25) is 0 Å². The lowest BCUT2D eigenvalue weighted by Crippen LogP contribution is -2.13. The summed E-state index contributed by atoms with van der Waals surface area (Å²) in [4.78, 5) is 9.78. The first-order valence-corrected chi connectivity index (χ1v) is 12.0. The van der Waals surface area contributed by atoms with Crippen molar-refractivity contribution in [1.29, 1.82) is 0 Å². The van der Waals surface area contributed by atoms with Crippen LogP contribution in [-0.2, 0) is 18.0 Å². The number of nitrogens with zero attached hydrogens (tertiary/aromatic N) is 4. The maximum atomic E-state index is 5.95. The molecule has 0 spiro atoms. The quantitative estimate of drug-likeness (QED) is 0.147. The van der Waals surface area contributed by atoms with Crippen molar-refractivity contribution in [3.63, 3.8) is 0 Å². The number of rotatable bonds is 10. The second-order valence-electron chi connectivity index (χ2n) is 8.05. The number of oxime groups is 1. The number of aromatic nitrogens is 3. The molecule has 0 bridgehead atoms. The molecule has 0 amide bonds. The van der Waals surface area contributed by atoms with Gasteiger partial charge in [-0.3, -0.25) is 0 Å². The SMILES string of the molecule is Clc1ccc(Oc2ccc(/C(Cn3cncn3)=N\OCc3cccc(Oc4ccccc4)c3)cc2)cc1. The van der Waals surface area contributed by atoms with Gasteiger partial charge >= 0.3 is 0 Å². The summed E-state index contributed by atoms with van der Waals surface area (Å²) in [5, 5.41) is 9.29. The molecule has 0 radical (unpaired) electrons. The molecule has 0 saturated carbocycles. The molecule has 0 aliphatic rings. The van der Waals surface area contributed by atoms with Gasteiger partial charge in [0.15, 0.2) is 0 Å². The average Bonchev–Trinajstić information content (AvgIpc) is 3.44. The topological polar surface area (TPSA) is 70.8 Å². The van der Waals surface area contributed by atoms with Gasteiger partial charge in [-0.25, -0.2) is 9.67 Å². The van der Waals surface area contributed by atoms with Gasteiger partial charge in [-0.2, -0.15) is 5.10 Å². The van der Waals surface area contributed by atoms with Gasteiger partial charge < -0.3 is 14.3 Å². The summed E-state index contributed by atoms with van der Waals surface area (Å²) in [6.07, 6.45) is 3.12. The monoisotopic (exact) mass is 510 g/mol. The first-order valence-electron chi connectivity index (χ1n) is 11.6. The Morgan fingerprint density at radius 2 is 1.43 bits per heavy atom. The molecule has 0 unspecified atom stereocenters. The van der Waals surface area contributed by atoms with E-state index < -0.39 is 0 Å². The lowest BCUT2D eigenvalue weighted by Gasteiger charge is -2.10. The number of hydrogen-bond acceptors (Lipinski definition) is 6. The van der Waals surface area contributed by atoms with Crippen molar-refractivity contribution in [2.24, 2.45) is 5.16 Å². The van der Waals surface area contributed by atoms with E-state index in [9.17, 15) is 0 Å². The molecule has 37 heavy (non-hydrogen) atoms. The highest BCUT2D eigenvalue weighted by Gasteiger charge is 2.09. The van der Waals surface area contributed by atoms with Crippen LogP contribution in [0.1, 0.15) is 11.1 Å². The van der Waals surface area contributed by atoms with Crippen LogP contribution in [-0.4, -0.2) is 20.5 Å². The molecule has 184 valence electrons. The first kappa shape index (κ1) is 24.1. The number of halogens is 1. The van der Waals surface area contributed by atoms with Crippen LogP contribution in [0.5, 0.6) is 23.0 Å². The molecule has 5 rings (SSSR count). The van der Waals surface area contributed by atoms with Crippen molar-refractivity contribution in [2.75, 3.05) is 0 Å². The molecule has 0 fully saturated rings. The van der Waals surface area contributed by atoms with Gasteiger partial charge in [-0.05, 0) is 78.4 Å². The zero-order chi connectivity index (χ0) is 25.3. The molecular weight excluding hydrogens is 488 g/mol. The number of hydrogen-bond donors (Lipinski definition) is 0. The van der Waals surface area contributed by atoms with Crippen molar-refractivity contribution < 1.29 is 14.3 Å². The third-order valence-corrected chi connectivity index (χ3v) is 5.55. The van der Waals surface area contributed by atoms with Crippen LogP contribution in [0.15, 0.2) is 121 Å². The van der Waals surface area contributed by atoms with Gasteiger partial charge in [-0.1, -0.05) is 47.1 Å².